The Morgan fingerprint density at radius 2 is 2.41 bits per heavy atom. The first-order valence-corrected chi connectivity index (χ1v) is 5.26. The standard InChI is InChI=1S/C9H12ClN5O2/c1-3-14(9(11-2)13-15(16)17)7-4-5-8(10)12-6-7/h4-6H,3H2,1-2H3,(H,11,13). The Hall–Kier alpha value is -1.89. The fraction of sp³-hybridized carbons (Fsp3) is 0.333. The van der Waals surface area contributed by atoms with Crippen LogP contribution < -0.4 is 10.2 Å². The van der Waals surface area contributed by atoms with Crippen LogP contribution in [-0.4, -0.2) is 29.6 Å². The third-order valence-electron chi connectivity index (χ3n) is 2.00. The van der Waals surface area contributed by atoms with E-state index in [-0.39, 0.29) is 5.96 Å². The molecule has 1 aromatic heterocycles. The molecule has 1 rings (SSSR count). The Morgan fingerprint density at radius 1 is 1.71 bits per heavy atom. The number of halogens is 1. The molecule has 0 unspecified atom stereocenters. The summed E-state index contributed by atoms with van der Waals surface area (Å²) in [4.78, 5) is 15.9. The van der Waals surface area contributed by atoms with E-state index >= 15 is 0 Å². The fourth-order valence-corrected chi connectivity index (χ4v) is 1.41. The average molecular weight is 258 g/mol. The zero-order valence-corrected chi connectivity index (χ0v) is 10.2. The lowest BCUT2D eigenvalue weighted by atomic mass is 10.4. The second kappa shape index (κ2) is 6.00. The van der Waals surface area contributed by atoms with Crippen LogP contribution in [0.15, 0.2) is 23.4 Å². The molecule has 0 saturated carbocycles. The van der Waals surface area contributed by atoms with Crippen molar-refractivity contribution in [3.05, 3.63) is 33.6 Å². The highest BCUT2D eigenvalue weighted by molar-refractivity contribution is 6.29. The van der Waals surface area contributed by atoms with Gasteiger partial charge in [-0.05, 0) is 19.1 Å². The molecule has 0 spiro atoms. The summed E-state index contributed by atoms with van der Waals surface area (Å²) in [5.74, 6) is 0.140. The van der Waals surface area contributed by atoms with Crippen LogP contribution in [0.3, 0.4) is 0 Å². The molecule has 1 heterocycles. The van der Waals surface area contributed by atoms with Crippen molar-refractivity contribution in [1.82, 2.24) is 10.3 Å². The van der Waals surface area contributed by atoms with Gasteiger partial charge in [0.05, 0.1) is 11.9 Å². The highest BCUT2D eigenvalue weighted by atomic mass is 35.5. The van der Waals surface area contributed by atoms with E-state index in [1.54, 1.807) is 24.1 Å². The van der Waals surface area contributed by atoms with Gasteiger partial charge in [0.2, 0.25) is 0 Å². The van der Waals surface area contributed by atoms with Gasteiger partial charge in [-0.1, -0.05) is 11.6 Å². The summed E-state index contributed by atoms with van der Waals surface area (Å²) in [5.41, 5.74) is 0.673. The molecule has 1 aromatic rings. The molecule has 0 amide bonds. The minimum atomic E-state index is -0.752. The average Bonchev–Trinajstić information content (AvgIpc) is 2.30. The van der Waals surface area contributed by atoms with Gasteiger partial charge in [-0.3, -0.25) is 0 Å². The van der Waals surface area contributed by atoms with Gasteiger partial charge < -0.3 is 10.2 Å². The van der Waals surface area contributed by atoms with Gasteiger partial charge in [-0.15, -0.1) is 0 Å². The Labute approximate surface area is 103 Å². The van der Waals surface area contributed by atoms with Crippen LogP contribution in [0.1, 0.15) is 6.92 Å². The molecular weight excluding hydrogens is 246 g/mol. The number of nitrogens with zero attached hydrogens (tertiary/aromatic N) is 4. The molecule has 0 aromatic carbocycles. The Bertz CT molecular complexity index is 420. The maximum absolute atomic E-state index is 10.4. The van der Waals surface area contributed by atoms with Gasteiger partial charge in [-0.25, -0.2) is 15.1 Å². The van der Waals surface area contributed by atoms with E-state index in [0.29, 0.717) is 17.4 Å². The SMILES string of the molecule is CCN(C(=N[N+](=O)[O-])NC)c1ccc(Cl)nc1. The van der Waals surface area contributed by atoms with Crippen molar-refractivity contribution < 1.29 is 5.03 Å². The first-order valence-electron chi connectivity index (χ1n) is 4.88. The molecule has 0 saturated heterocycles. The third kappa shape index (κ3) is 3.56. The van der Waals surface area contributed by atoms with E-state index in [4.69, 9.17) is 11.6 Å². The number of hydrogen-bond donors (Lipinski definition) is 1. The number of pyridine rings is 1. The second-order valence-corrected chi connectivity index (χ2v) is 3.38. The van der Waals surface area contributed by atoms with Crippen molar-refractivity contribution in [3.63, 3.8) is 0 Å². The Balaban J connectivity index is 3.05. The number of hydrogen-bond acceptors (Lipinski definition) is 3. The number of rotatable bonds is 3. The van der Waals surface area contributed by atoms with Crippen molar-refractivity contribution in [2.45, 2.75) is 6.92 Å². The van der Waals surface area contributed by atoms with Gasteiger partial charge in [0.1, 0.15) is 10.3 Å². The summed E-state index contributed by atoms with van der Waals surface area (Å²) < 4.78 is 0. The van der Waals surface area contributed by atoms with Gasteiger partial charge in [0, 0.05) is 13.6 Å². The molecule has 8 heteroatoms. The molecule has 7 nitrogen and oxygen atoms in total. The topological polar surface area (TPSA) is 83.7 Å². The van der Waals surface area contributed by atoms with E-state index in [0.717, 1.165) is 0 Å². The molecule has 0 aliphatic carbocycles. The largest absolute Gasteiger partial charge is 0.354 e. The van der Waals surface area contributed by atoms with Gasteiger partial charge in [0.25, 0.3) is 5.96 Å². The van der Waals surface area contributed by atoms with Crippen LogP contribution in [0.5, 0.6) is 0 Å². The molecule has 0 radical (unpaired) electrons. The number of aromatic nitrogens is 1. The lowest BCUT2D eigenvalue weighted by Gasteiger charge is -2.21. The lowest BCUT2D eigenvalue weighted by Crippen LogP contribution is -2.40. The van der Waals surface area contributed by atoms with Crippen LogP contribution in [0.4, 0.5) is 5.69 Å². The molecule has 0 bridgehead atoms. The molecule has 0 aliphatic heterocycles. The Morgan fingerprint density at radius 3 is 2.82 bits per heavy atom. The Kier molecular flexibility index (Phi) is 4.65. The normalized spacial score (nSPS) is 11.1. The van der Waals surface area contributed by atoms with Crippen LogP contribution in [-0.2, 0) is 0 Å². The van der Waals surface area contributed by atoms with Crippen LogP contribution in [0, 0.1) is 10.1 Å². The first kappa shape index (κ1) is 13.2. The maximum atomic E-state index is 10.4. The van der Waals surface area contributed by atoms with Crippen molar-refractivity contribution in [3.8, 4) is 0 Å². The van der Waals surface area contributed by atoms with Gasteiger partial charge >= 0.3 is 0 Å². The number of anilines is 1. The summed E-state index contributed by atoms with van der Waals surface area (Å²) >= 11 is 5.67. The summed E-state index contributed by atoms with van der Waals surface area (Å²) in [6.07, 6.45) is 1.53. The van der Waals surface area contributed by atoms with Crippen LogP contribution in [0.25, 0.3) is 0 Å². The predicted molar refractivity (Wildman–Crippen MR) is 65.8 cm³/mol. The monoisotopic (exact) mass is 257 g/mol. The van der Waals surface area contributed by atoms with Gasteiger partial charge in [0.15, 0.2) is 5.03 Å². The van der Waals surface area contributed by atoms with E-state index in [9.17, 15) is 10.1 Å². The third-order valence-corrected chi connectivity index (χ3v) is 2.22. The maximum Gasteiger partial charge on any atom is 0.275 e. The highest BCUT2D eigenvalue weighted by Gasteiger charge is 2.14. The number of hydrazone groups is 1. The molecule has 1 N–H and O–H groups in total. The minimum Gasteiger partial charge on any atom is -0.354 e. The lowest BCUT2D eigenvalue weighted by molar-refractivity contribution is -0.485. The van der Waals surface area contributed by atoms with Crippen molar-refractivity contribution in [2.24, 2.45) is 5.10 Å². The smallest absolute Gasteiger partial charge is 0.275 e. The quantitative estimate of drug-likeness (QED) is 0.290. The molecule has 0 aliphatic rings. The molecule has 17 heavy (non-hydrogen) atoms. The molecular formula is C9H12ClN5O2. The number of guanidine groups is 1. The summed E-state index contributed by atoms with van der Waals surface area (Å²) in [7, 11) is 1.56. The van der Waals surface area contributed by atoms with E-state index < -0.39 is 5.03 Å². The first-order chi connectivity index (χ1) is 8.08. The summed E-state index contributed by atoms with van der Waals surface area (Å²) in [6.45, 7) is 2.36. The van der Waals surface area contributed by atoms with E-state index in [1.165, 1.54) is 6.20 Å². The van der Waals surface area contributed by atoms with Crippen molar-refractivity contribution in [2.75, 3.05) is 18.5 Å². The highest BCUT2D eigenvalue weighted by Crippen LogP contribution is 2.15. The van der Waals surface area contributed by atoms with E-state index in [1.807, 2.05) is 6.92 Å². The fourth-order valence-electron chi connectivity index (χ4n) is 1.30. The number of nitrogens with one attached hydrogen (secondary N) is 1. The molecule has 92 valence electrons. The zero-order valence-electron chi connectivity index (χ0n) is 9.42. The zero-order chi connectivity index (χ0) is 12.8. The van der Waals surface area contributed by atoms with Crippen LogP contribution >= 0.6 is 11.6 Å². The number of nitro groups is 1. The predicted octanol–water partition coefficient (Wildman–Crippen LogP) is 1.33. The van der Waals surface area contributed by atoms with Crippen molar-refractivity contribution in [1.29, 1.82) is 0 Å². The van der Waals surface area contributed by atoms with Crippen molar-refractivity contribution >= 4 is 23.2 Å². The minimum absolute atomic E-state index is 0.140. The second-order valence-electron chi connectivity index (χ2n) is 2.99. The molecule has 0 fully saturated rings. The summed E-state index contributed by atoms with van der Waals surface area (Å²) in [5, 5.41) is 15.9. The summed E-state index contributed by atoms with van der Waals surface area (Å²) in [6, 6.07) is 3.32. The molecule has 0 atom stereocenters. The van der Waals surface area contributed by atoms with Crippen LogP contribution in [0.2, 0.25) is 5.15 Å². The van der Waals surface area contributed by atoms with Gasteiger partial charge in [-0.2, -0.15) is 0 Å². The van der Waals surface area contributed by atoms with E-state index in [2.05, 4.69) is 15.4 Å².